The fourth-order valence-electron chi connectivity index (χ4n) is 2.59. The molecule has 2 aromatic rings. The van der Waals surface area contributed by atoms with Crippen LogP contribution in [0.25, 0.3) is 5.69 Å². The van der Waals surface area contributed by atoms with Crippen molar-refractivity contribution < 1.29 is 13.2 Å². The summed E-state index contributed by atoms with van der Waals surface area (Å²) in [6.45, 7) is 6.13. The van der Waals surface area contributed by atoms with Crippen molar-refractivity contribution in [2.45, 2.75) is 32.2 Å². The van der Waals surface area contributed by atoms with Crippen LogP contribution in [-0.4, -0.2) is 36.0 Å². The Kier molecular flexibility index (Phi) is 4.62. The molecular weight excluding hydrogens is 352 g/mol. The van der Waals surface area contributed by atoms with E-state index in [1.165, 1.54) is 6.08 Å². The number of nitrogens with zero attached hydrogens (tertiary/aromatic N) is 2. The van der Waals surface area contributed by atoms with Crippen LogP contribution in [0.1, 0.15) is 26.5 Å². The highest BCUT2D eigenvalue weighted by Gasteiger charge is 2.25. The van der Waals surface area contributed by atoms with Gasteiger partial charge in [-0.15, -0.1) is 0 Å². The third-order valence-electron chi connectivity index (χ3n) is 3.97. The first-order valence-corrected chi connectivity index (χ1v) is 10.00. The number of rotatable bonds is 3. The zero-order chi connectivity index (χ0) is 18.9. The maximum Gasteiger partial charge on any atom is 0.320 e. The first kappa shape index (κ1) is 18.2. The van der Waals surface area contributed by atoms with Gasteiger partial charge in [0.15, 0.2) is 9.84 Å². The molecule has 0 fully saturated rings. The number of nitrogens with one attached hydrogen (secondary N) is 2. The Morgan fingerprint density at radius 1 is 1.23 bits per heavy atom. The van der Waals surface area contributed by atoms with Crippen molar-refractivity contribution in [1.82, 2.24) is 15.1 Å². The third kappa shape index (κ3) is 4.13. The summed E-state index contributed by atoms with van der Waals surface area (Å²) in [6, 6.07) is 10.3. The monoisotopic (exact) mass is 374 g/mol. The first-order valence-electron chi connectivity index (χ1n) is 8.28. The molecule has 138 valence electrons. The fraction of sp³-hybridized carbons (Fsp3) is 0.333. The number of benzene rings is 1. The average Bonchev–Trinajstić information content (AvgIpc) is 3.11. The predicted octanol–water partition coefficient (Wildman–Crippen LogP) is 2.60. The summed E-state index contributed by atoms with van der Waals surface area (Å²) in [5, 5.41) is 11.2. The van der Waals surface area contributed by atoms with E-state index >= 15 is 0 Å². The highest BCUT2D eigenvalue weighted by molar-refractivity contribution is 7.94. The van der Waals surface area contributed by atoms with Gasteiger partial charge in [0.25, 0.3) is 0 Å². The summed E-state index contributed by atoms with van der Waals surface area (Å²) in [7, 11) is -3.22. The number of para-hydroxylation sites is 1. The Labute approximate surface area is 153 Å². The fourth-order valence-corrected chi connectivity index (χ4v) is 3.82. The maximum atomic E-state index is 12.3. The summed E-state index contributed by atoms with van der Waals surface area (Å²) in [6.07, 6.45) is 1.48. The molecule has 0 aliphatic carbocycles. The number of sulfone groups is 1. The second kappa shape index (κ2) is 6.60. The summed E-state index contributed by atoms with van der Waals surface area (Å²) in [4.78, 5) is 12.3. The zero-order valence-electron chi connectivity index (χ0n) is 14.9. The molecule has 1 unspecified atom stereocenters. The van der Waals surface area contributed by atoms with Crippen LogP contribution in [0.2, 0.25) is 0 Å². The molecule has 1 atom stereocenters. The van der Waals surface area contributed by atoms with Crippen LogP contribution in [0.4, 0.5) is 10.6 Å². The van der Waals surface area contributed by atoms with Gasteiger partial charge in [-0.2, -0.15) is 5.10 Å². The minimum absolute atomic E-state index is 0.119. The maximum absolute atomic E-state index is 12.3. The number of carbonyl (C=O) groups excluding carboxylic acids is 1. The van der Waals surface area contributed by atoms with E-state index in [9.17, 15) is 13.2 Å². The van der Waals surface area contributed by atoms with Crippen LogP contribution in [0, 0.1) is 0 Å². The van der Waals surface area contributed by atoms with E-state index in [1.807, 2.05) is 57.2 Å². The van der Waals surface area contributed by atoms with Gasteiger partial charge in [-0.05, 0) is 18.2 Å². The quantitative estimate of drug-likeness (QED) is 0.864. The van der Waals surface area contributed by atoms with Gasteiger partial charge in [-0.1, -0.05) is 39.0 Å². The Hall–Kier alpha value is -2.61. The van der Waals surface area contributed by atoms with Crippen molar-refractivity contribution >= 4 is 21.7 Å². The number of hydrogen-bond acceptors (Lipinski definition) is 4. The van der Waals surface area contributed by atoms with Gasteiger partial charge >= 0.3 is 6.03 Å². The molecule has 2 heterocycles. The summed E-state index contributed by atoms with van der Waals surface area (Å²) in [5.41, 5.74) is 1.47. The van der Waals surface area contributed by atoms with Gasteiger partial charge in [0.2, 0.25) is 0 Å². The largest absolute Gasteiger partial charge is 0.331 e. The van der Waals surface area contributed by atoms with Crippen LogP contribution >= 0.6 is 0 Å². The Bertz CT molecular complexity index is 941. The molecule has 2 N–H and O–H groups in total. The summed E-state index contributed by atoms with van der Waals surface area (Å²) in [5.74, 6) is 0.398. The molecule has 1 aliphatic heterocycles. The number of aromatic nitrogens is 2. The molecule has 0 radical (unpaired) electrons. The highest BCUT2D eigenvalue weighted by Crippen LogP contribution is 2.26. The second-order valence-electron chi connectivity index (χ2n) is 7.28. The SMILES string of the molecule is CC(C)(C)c1cc(NC(=O)NC2C=CS(=O)(=O)C2)n(-c2ccccc2)n1. The lowest BCUT2D eigenvalue weighted by Crippen LogP contribution is -2.38. The number of carbonyl (C=O) groups is 1. The van der Waals surface area contributed by atoms with E-state index in [-0.39, 0.29) is 11.2 Å². The molecule has 7 nitrogen and oxygen atoms in total. The topological polar surface area (TPSA) is 93.1 Å². The lowest BCUT2D eigenvalue weighted by atomic mass is 9.92. The molecule has 1 aliphatic rings. The van der Waals surface area contributed by atoms with Crippen LogP contribution in [0.3, 0.4) is 0 Å². The van der Waals surface area contributed by atoms with Crippen molar-refractivity contribution in [3.63, 3.8) is 0 Å². The molecular formula is C18H22N4O3S. The van der Waals surface area contributed by atoms with Crippen molar-refractivity contribution in [2.75, 3.05) is 11.1 Å². The normalized spacial score (nSPS) is 18.7. The number of anilines is 1. The lowest BCUT2D eigenvalue weighted by molar-refractivity contribution is 0.251. The van der Waals surface area contributed by atoms with Crippen molar-refractivity contribution in [3.8, 4) is 5.69 Å². The van der Waals surface area contributed by atoms with E-state index < -0.39 is 21.9 Å². The minimum atomic E-state index is -3.22. The molecule has 0 saturated carbocycles. The lowest BCUT2D eigenvalue weighted by Gasteiger charge is -2.14. The Balaban J connectivity index is 1.83. The molecule has 1 aromatic carbocycles. The molecule has 3 rings (SSSR count). The number of amides is 2. The first-order chi connectivity index (χ1) is 12.1. The molecule has 1 aromatic heterocycles. The highest BCUT2D eigenvalue weighted by atomic mass is 32.2. The van der Waals surface area contributed by atoms with Gasteiger partial charge in [0.05, 0.1) is 23.2 Å². The van der Waals surface area contributed by atoms with Crippen molar-refractivity contribution in [2.24, 2.45) is 0 Å². The van der Waals surface area contributed by atoms with Crippen LogP contribution in [-0.2, 0) is 15.3 Å². The van der Waals surface area contributed by atoms with E-state index in [1.54, 1.807) is 4.68 Å². The van der Waals surface area contributed by atoms with Crippen LogP contribution in [0.15, 0.2) is 47.9 Å². The molecule has 0 spiro atoms. The van der Waals surface area contributed by atoms with Gasteiger partial charge < -0.3 is 5.32 Å². The minimum Gasteiger partial charge on any atom is -0.331 e. The average molecular weight is 374 g/mol. The predicted molar refractivity (Wildman–Crippen MR) is 101 cm³/mol. The third-order valence-corrected chi connectivity index (χ3v) is 5.36. The van der Waals surface area contributed by atoms with Crippen molar-refractivity contribution in [1.29, 1.82) is 0 Å². The number of urea groups is 1. The van der Waals surface area contributed by atoms with E-state index in [0.29, 0.717) is 5.82 Å². The van der Waals surface area contributed by atoms with Gasteiger partial charge in [0, 0.05) is 16.9 Å². The van der Waals surface area contributed by atoms with Crippen LogP contribution in [0.5, 0.6) is 0 Å². The molecule has 2 amide bonds. The van der Waals surface area contributed by atoms with Crippen molar-refractivity contribution in [3.05, 3.63) is 53.6 Å². The van der Waals surface area contributed by atoms with Gasteiger partial charge in [-0.25, -0.2) is 17.9 Å². The van der Waals surface area contributed by atoms with Crippen LogP contribution < -0.4 is 10.6 Å². The van der Waals surface area contributed by atoms with Gasteiger partial charge in [-0.3, -0.25) is 5.32 Å². The standard InChI is InChI=1S/C18H22N4O3S/c1-18(2,3)15-11-16(22(21-15)14-7-5-4-6-8-14)20-17(23)19-13-9-10-26(24,25)12-13/h4-11,13H,12H2,1-3H3,(H2,19,20,23). The molecule has 26 heavy (non-hydrogen) atoms. The van der Waals surface area contributed by atoms with E-state index in [4.69, 9.17) is 0 Å². The van der Waals surface area contributed by atoms with E-state index in [0.717, 1.165) is 16.8 Å². The Morgan fingerprint density at radius 3 is 2.50 bits per heavy atom. The molecule has 0 saturated heterocycles. The number of hydrogen-bond donors (Lipinski definition) is 2. The smallest absolute Gasteiger partial charge is 0.320 e. The van der Waals surface area contributed by atoms with Gasteiger partial charge in [0.1, 0.15) is 5.82 Å². The Morgan fingerprint density at radius 2 is 1.92 bits per heavy atom. The summed E-state index contributed by atoms with van der Waals surface area (Å²) >= 11 is 0. The molecule has 8 heteroatoms. The van der Waals surface area contributed by atoms with E-state index in [2.05, 4.69) is 15.7 Å². The zero-order valence-corrected chi connectivity index (χ0v) is 15.7. The molecule has 0 bridgehead atoms. The second-order valence-corrected chi connectivity index (χ2v) is 9.21. The summed E-state index contributed by atoms with van der Waals surface area (Å²) < 4.78 is 24.6.